The predicted octanol–water partition coefficient (Wildman–Crippen LogP) is 1.82. The number of fused-ring (bicyclic) bond motifs is 5. The van der Waals surface area contributed by atoms with Crippen molar-refractivity contribution < 1.29 is 19.2 Å². The quantitative estimate of drug-likeness (QED) is 0.359. The second-order valence-electron chi connectivity index (χ2n) is 6.52. The fourth-order valence-electron chi connectivity index (χ4n) is 4.08. The van der Waals surface area contributed by atoms with Crippen molar-refractivity contribution in [3.05, 3.63) is 46.5 Å². The highest BCUT2D eigenvalue weighted by atomic mass is 16.6. The van der Waals surface area contributed by atoms with Gasteiger partial charge in [-0.2, -0.15) is 0 Å². The molecule has 4 atom stereocenters. The van der Waals surface area contributed by atoms with Gasteiger partial charge >= 0.3 is 0 Å². The van der Waals surface area contributed by atoms with Gasteiger partial charge in [-0.15, -0.1) is 0 Å². The minimum Gasteiger partial charge on any atom is -0.359 e. The summed E-state index contributed by atoms with van der Waals surface area (Å²) in [4.78, 5) is 37.4. The number of imide groups is 1. The van der Waals surface area contributed by atoms with Crippen molar-refractivity contribution in [1.29, 1.82) is 0 Å². The molecule has 0 spiro atoms. The molecule has 0 saturated carbocycles. The SMILES string of the molecule is C[C@]12C=C[C@](C)(O1)[C@@H]1C(=O)N(c3ccccc3[N+](=O)[O-])C(=O)[C@H]12. The van der Waals surface area contributed by atoms with Crippen LogP contribution < -0.4 is 4.90 Å². The molecule has 1 aromatic carbocycles. The lowest BCUT2D eigenvalue weighted by atomic mass is 9.73. The normalized spacial score (nSPS) is 37.6. The Labute approximate surface area is 131 Å². The van der Waals surface area contributed by atoms with E-state index in [4.69, 9.17) is 4.74 Å². The predicted molar refractivity (Wildman–Crippen MR) is 79.6 cm³/mol. The van der Waals surface area contributed by atoms with Gasteiger partial charge in [0.2, 0.25) is 11.8 Å². The number of benzene rings is 1. The summed E-state index contributed by atoms with van der Waals surface area (Å²) < 4.78 is 5.90. The Morgan fingerprint density at radius 3 is 2.13 bits per heavy atom. The van der Waals surface area contributed by atoms with E-state index >= 15 is 0 Å². The lowest BCUT2D eigenvalue weighted by molar-refractivity contribution is -0.384. The molecule has 2 saturated heterocycles. The van der Waals surface area contributed by atoms with Crippen LogP contribution in [0.3, 0.4) is 0 Å². The zero-order valence-electron chi connectivity index (χ0n) is 12.6. The van der Waals surface area contributed by atoms with Gasteiger partial charge < -0.3 is 4.74 Å². The number of hydrogen-bond acceptors (Lipinski definition) is 5. The first-order valence-corrected chi connectivity index (χ1v) is 7.30. The number of nitrogens with zero attached hydrogens (tertiary/aromatic N) is 2. The van der Waals surface area contributed by atoms with Gasteiger partial charge in [-0.3, -0.25) is 19.7 Å². The molecule has 0 N–H and O–H groups in total. The van der Waals surface area contributed by atoms with Crippen LogP contribution in [-0.2, 0) is 14.3 Å². The number of carbonyl (C=O) groups is 2. The average Bonchev–Trinajstić information content (AvgIpc) is 3.04. The molecule has 0 aliphatic carbocycles. The number of carbonyl (C=O) groups excluding carboxylic acids is 2. The maximum atomic E-state index is 12.9. The number of hydrogen-bond donors (Lipinski definition) is 0. The van der Waals surface area contributed by atoms with Crippen LogP contribution in [0.2, 0.25) is 0 Å². The Morgan fingerprint density at radius 2 is 1.61 bits per heavy atom. The highest BCUT2D eigenvalue weighted by Gasteiger charge is 2.70. The molecule has 23 heavy (non-hydrogen) atoms. The Morgan fingerprint density at radius 1 is 1.09 bits per heavy atom. The molecule has 0 radical (unpaired) electrons. The zero-order valence-corrected chi connectivity index (χ0v) is 12.6. The highest BCUT2D eigenvalue weighted by Crippen LogP contribution is 2.57. The number of nitro benzene ring substituents is 1. The van der Waals surface area contributed by atoms with Crippen molar-refractivity contribution in [2.45, 2.75) is 25.0 Å². The molecule has 3 aliphatic heterocycles. The maximum Gasteiger partial charge on any atom is 0.293 e. The molecule has 4 rings (SSSR count). The number of para-hydroxylation sites is 2. The number of amides is 2. The van der Waals surface area contributed by atoms with Crippen LogP contribution >= 0.6 is 0 Å². The van der Waals surface area contributed by atoms with E-state index in [0.717, 1.165) is 4.90 Å². The zero-order chi connectivity index (χ0) is 16.6. The first kappa shape index (κ1) is 14.1. The van der Waals surface area contributed by atoms with Gasteiger partial charge in [0.05, 0.1) is 28.0 Å². The summed E-state index contributed by atoms with van der Waals surface area (Å²) in [5.41, 5.74) is -1.92. The standard InChI is InChI=1S/C16H14N2O5/c1-15-7-8-16(2,23-15)12-11(15)13(19)17(14(12)20)9-5-3-4-6-10(9)18(21)22/h3-8,11-12H,1-2H3/t11-,12-,15-,16+/m0/s1. The minimum absolute atomic E-state index is 0.0218. The van der Waals surface area contributed by atoms with E-state index < -0.39 is 39.8 Å². The van der Waals surface area contributed by atoms with E-state index in [-0.39, 0.29) is 11.4 Å². The van der Waals surface area contributed by atoms with Crippen molar-refractivity contribution in [1.82, 2.24) is 0 Å². The van der Waals surface area contributed by atoms with Gasteiger partial charge in [0, 0.05) is 6.07 Å². The monoisotopic (exact) mass is 314 g/mol. The van der Waals surface area contributed by atoms with Crippen molar-refractivity contribution in [2.75, 3.05) is 4.90 Å². The molecule has 2 fully saturated rings. The molecule has 2 amide bonds. The summed E-state index contributed by atoms with van der Waals surface area (Å²) >= 11 is 0. The van der Waals surface area contributed by atoms with Gasteiger partial charge in [-0.05, 0) is 19.9 Å². The second kappa shape index (κ2) is 4.05. The third-order valence-electron chi connectivity index (χ3n) is 5.05. The molecule has 0 unspecified atom stereocenters. The average molecular weight is 314 g/mol. The van der Waals surface area contributed by atoms with E-state index in [0.29, 0.717) is 0 Å². The van der Waals surface area contributed by atoms with E-state index in [2.05, 4.69) is 0 Å². The molecule has 3 heterocycles. The van der Waals surface area contributed by atoms with Crippen molar-refractivity contribution in [3.63, 3.8) is 0 Å². The summed E-state index contributed by atoms with van der Waals surface area (Å²) in [6.07, 6.45) is 3.62. The smallest absolute Gasteiger partial charge is 0.293 e. The van der Waals surface area contributed by atoms with Crippen LogP contribution in [0.15, 0.2) is 36.4 Å². The largest absolute Gasteiger partial charge is 0.359 e. The summed E-state index contributed by atoms with van der Waals surface area (Å²) in [6.45, 7) is 3.54. The third kappa shape index (κ3) is 1.57. The molecule has 118 valence electrons. The number of rotatable bonds is 2. The molecule has 7 heteroatoms. The van der Waals surface area contributed by atoms with Gasteiger partial charge in [0.15, 0.2) is 0 Å². The second-order valence-corrected chi connectivity index (χ2v) is 6.52. The Hall–Kier alpha value is -2.54. The van der Waals surface area contributed by atoms with E-state index in [9.17, 15) is 19.7 Å². The summed E-state index contributed by atoms with van der Waals surface area (Å²) in [7, 11) is 0. The fourth-order valence-corrected chi connectivity index (χ4v) is 4.08. The van der Waals surface area contributed by atoms with Crippen LogP contribution in [-0.4, -0.2) is 27.9 Å². The topological polar surface area (TPSA) is 89.8 Å². The molecule has 3 aliphatic rings. The molecular formula is C16H14N2O5. The van der Waals surface area contributed by atoms with Crippen LogP contribution in [0.5, 0.6) is 0 Å². The summed E-state index contributed by atoms with van der Waals surface area (Å²) in [5, 5.41) is 11.2. The van der Waals surface area contributed by atoms with E-state index in [1.165, 1.54) is 18.2 Å². The Kier molecular flexibility index (Phi) is 2.48. The fraction of sp³-hybridized carbons (Fsp3) is 0.375. The minimum atomic E-state index is -0.843. The Balaban J connectivity index is 1.85. The van der Waals surface area contributed by atoms with Gasteiger partial charge in [0.1, 0.15) is 5.69 Å². The van der Waals surface area contributed by atoms with Gasteiger partial charge in [0.25, 0.3) is 5.69 Å². The lowest BCUT2D eigenvalue weighted by Crippen LogP contribution is -2.39. The molecule has 2 bridgehead atoms. The van der Waals surface area contributed by atoms with Gasteiger partial charge in [-0.1, -0.05) is 24.3 Å². The lowest BCUT2D eigenvalue weighted by Gasteiger charge is -2.25. The third-order valence-corrected chi connectivity index (χ3v) is 5.05. The van der Waals surface area contributed by atoms with Crippen LogP contribution in [0.4, 0.5) is 11.4 Å². The molecule has 0 aromatic heterocycles. The first-order valence-electron chi connectivity index (χ1n) is 7.30. The Bertz CT molecular complexity index is 767. The molecule has 7 nitrogen and oxygen atoms in total. The summed E-state index contributed by atoms with van der Waals surface area (Å²) in [6, 6.07) is 5.79. The van der Waals surface area contributed by atoms with Crippen molar-refractivity contribution in [3.8, 4) is 0 Å². The number of nitro groups is 1. The number of ether oxygens (including phenoxy) is 1. The number of anilines is 1. The first-order chi connectivity index (χ1) is 10.8. The summed E-state index contributed by atoms with van der Waals surface area (Å²) in [5.74, 6) is -2.18. The van der Waals surface area contributed by atoms with Crippen LogP contribution in [0, 0.1) is 22.0 Å². The van der Waals surface area contributed by atoms with Crippen LogP contribution in [0.1, 0.15) is 13.8 Å². The maximum absolute atomic E-state index is 12.9. The van der Waals surface area contributed by atoms with Crippen LogP contribution in [0.25, 0.3) is 0 Å². The molecule has 1 aromatic rings. The van der Waals surface area contributed by atoms with Gasteiger partial charge in [-0.25, -0.2) is 4.90 Å². The van der Waals surface area contributed by atoms with E-state index in [1.807, 2.05) is 12.2 Å². The van der Waals surface area contributed by atoms with Crippen molar-refractivity contribution >= 4 is 23.2 Å². The highest BCUT2D eigenvalue weighted by molar-refractivity contribution is 6.24. The van der Waals surface area contributed by atoms with E-state index in [1.54, 1.807) is 19.9 Å². The molecular weight excluding hydrogens is 300 g/mol. The van der Waals surface area contributed by atoms with Crippen molar-refractivity contribution in [2.24, 2.45) is 11.8 Å².